The number of halogens is 2. The number of benzene rings is 2. The van der Waals surface area contributed by atoms with Crippen molar-refractivity contribution < 1.29 is 39.6 Å². The minimum absolute atomic E-state index is 0. The second-order valence-electron chi connectivity index (χ2n) is 4.68. The lowest BCUT2D eigenvalue weighted by Crippen LogP contribution is -2.20. The van der Waals surface area contributed by atoms with Gasteiger partial charge in [-0.2, -0.15) is 0 Å². The Balaban J connectivity index is 0.00000312. The third-order valence-corrected chi connectivity index (χ3v) is 3.28. The summed E-state index contributed by atoms with van der Waals surface area (Å²) in [5.74, 6) is -7.04. The Labute approximate surface area is 158 Å². The molecule has 10 heteroatoms. The highest BCUT2D eigenvalue weighted by Crippen LogP contribution is 2.32. The molecule has 0 aliphatic heterocycles. The predicted octanol–water partition coefficient (Wildman–Crippen LogP) is 2.99. The van der Waals surface area contributed by atoms with E-state index in [1.54, 1.807) is 18.2 Å². The van der Waals surface area contributed by atoms with E-state index < -0.39 is 46.1 Å². The molecular formula is C16H12Cl2O8. The number of hydrogen-bond donors (Lipinski definition) is 4. The van der Waals surface area contributed by atoms with E-state index in [2.05, 4.69) is 0 Å². The third kappa shape index (κ3) is 4.11. The largest absolute Gasteiger partial charge is 0.478 e. The number of rotatable bonds is 5. The smallest absolute Gasteiger partial charge is 0.337 e. The lowest BCUT2D eigenvalue weighted by molar-refractivity contribution is 0.0620. The fraction of sp³-hybridized carbons (Fsp3) is 0. The van der Waals surface area contributed by atoms with Crippen molar-refractivity contribution in [2.75, 3.05) is 0 Å². The number of carboxylic acid groups (broad SMARTS) is 4. The van der Waals surface area contributed by atoms with Crippen molar-refractivity contribution in [2.24, 2.45) is 0 Å². The van der Waals surface area contributed by atoms with Gasteiger partial charge in [-0.25, -0.2) is 19.2 Å². The first-order valence-corrected chi connectivity index (χ1v) is 6.45. The van der Waals surface area contributed by atoms with Gasteiger partial charge in [0, 0.05) is 0 Å². The predicted molar refractivity (Wildman–Crippen MR) is 94.2 cm³/mol. The summed E-state index contributed by atoms with van der Waals surface area (Å²) in [5.41, 5.74) is -3.68. The molecule has 2 rings (SSSR count). The summed E-state index contributed by atoms with van der Waals surface area (Å²) >= 11 is 0. The van der Waals surface area contributed by atoms with E-state index in [4.69, 9.17) is 0 Å². The van der Waals surface area contributed by atoms with Crippen LogP contribution in [-0.2, 0) is 0 Å². The van der Waals surface area contributed by atoms with Crippen molar-refractivity contribution in [1.29, 1.82) is 0 Å². The molecule has 8 nitrogen and oxygen atoms in total. The van der Waals surface area contributed by atoms with Crippen LogP contribution < -0.4 is 0 Å². The molecule has 0 saturated heterocycles. The normalized spacial score (nSPS) is 9.38. The molecule has 2 aromatic carbocycles. The molecule has 0 aromatic heterocycles. The maximum Gasteiger partial charge on any atom is 0.337 e. The Morgan fingerprint density at radius 3 is 1.46 bits per heavy atom. The Hall–Kier alpha value is -3.10. The van der Waals surface area contributed by atoms with E-state index in [1.807, 2.05) is 0 Å². The van der Waals surface area contributed by atoms with Crippen molar-refractivity contribution in [2.45, 2.75) is 0 Å². The maximum absolute atomic E-state index is 11.6. The zero-order chi connectivity index (χ0) is 18.0. The van der Waals surface area contributed by atoms with E-state index in [0.29, 0.717) is 0 Å². The van der Waals surface area contributed by atoms with Gasteiger partial charge in [-0.15, -0.1) is 24.8 Å². The summed E-state index contributed by atoms with van der Waals surface area (Å²) in [6, 6.07) is 8.50. The molecule has 0 bridgehead atoms. The second kappa shape index (κ2) is 8.84. The summed E-state index contributed by atoms with van der Waals surface area (Å²) in [6.07, 6.45) is 0. The van der Waals surface area contributed by atoms with Gasteiger partial charge in [0.1, 0.15) is 0 Å². The number of hydrogen-bond acceptors (Lipinski definition) is 4. The first-order chi connectivity index (χ1) is 11.3. The van der Waals surface area contributed by atoms with Crippen LogP contribution in [0.1, 0.15) is 41.4 Å². The zero-order valence-corrected chi connectivity index (χ0v) is 14.3. The molecule has 138 valence electrons. The van der Waals surface area contributed by atoms with Gasteiger partial charge in [0.15, 0.2) is 0 Å². The summed E-state index contributed by atoms with van der Waals surface area (Å²) < 4.78 is 0. The molecule has 4 N–H and O–H groups in total. The first-order valence-electron chi connectivity index (χ1n) is 6.45. The van der Waals surface area contributed by atoms with Gasteiger partial charge in [0.05, 0.1) is 22.3 Å². The Kier molecular flexibility index (Phi) is 7.78. The van der Waals surface area contributed by atoms with Crippen LogP contribution in [0.5, 0.6) is 0 Å². The molecule has 2 aromatic rings. The average Bonchev–Trinajstić information content (AvgIpc) is 2.53. The third-order valence-electron chi connectivity index (χ3n) is 3.28. The number of aromatic carboxylic acids is 4. The molecule has 0 amide bonds. The van der Waals surface area contributed by atoms with Gasteiger partial charge < -0.3 is 20.4 Å². The standard InChI is InChI=1S/C16H10O8.2ClH/c17-13(18)9-6-8(7-4-2-1-3-5-7)10(14(19)20)12(16(23)24)11(9)15(21)22;;/h1-6H,(H,17,18)(H,19,20)(H,21,22)(H,23,24);2*1H. The molecular weight excluding hydrogens is 391 g/mol. The SMILES string of the molecule is Cl.Cl.O=C(O)c1cc(-c2ccccc2)c(C(=O)O)c(C(=O)O)c1C(=O)O. The highest BCUT2D eigenvalue weighted by Gasteiger charge is 2.32. The molecule has 0 unspecified atom stereocenters. The second-order valence-corrected chi connectivity index (χ2v) is 4.68. The molecule has 26 heavy (non-hydrogen) atoms. The number of carbonyl (C=O) groups is 4. The Bertz CT molecular complexity index is 878. The molecule has 0 atom stereocenters. The lowest BCUT2D eigenvalue weighted by Gasteiger charge is -2.14. The van der Waals surface area contributed by atoms with Crippen LogP contribution in [0.25, 0.3) is 11.1 Å². The quantitative estimate of drug-likeness (QED) is 0.595. The lowest BCUT2D eigenvalue weighted by atomic mass is 9.88. The van der Waals surface area contributed by atoms with Crippen LogP contribution in [0.3, 0.4) is 0 Å². The Morgan fingerprint density at radius 1 is 0.615 bits per heavy atom. The minimum Gasteiger partial charge on any atom is -0.478 e. The minimum atomic E-state index is -1.84. The molecule has 0 heterocycles. The van der Waals surface area contributed by atoms with E-state index in [-0.39, 0.29) is 35.9 Å². The fourth-order valence-corrected chi connectivity index (χ4v) is 2.36. The van der Waals surface area contributed by atoms with Gasteiger partial charge >= 0.3 is 23.9 Å². The molecule has 0 aliphatic rings. The van der Waals surface area contributed by atoms with E-state index >= 15 is 0 Å². The van der Waals surface area contributed by atoms with E-state index in [1.165, 1.54) is 12.1 Å². The average molecular weight is 403 g/mol. The van der Waals surface area contributed by atoms with Gasteiger partial charge in [0.25, 0.3) is 0 Å². The monoisotopic (exact) mass is 402 g/mol. The van der Waals surface area contributed by atoms with Gasteiger partial charge in [-0.05, 0) is 17.2 Å². The van der Waals surface area contributed by atoms with Crippen molar-refractivity contribution in [1.82, 2.24) is 0 Å². The molecule has 0 fully saturated rings. The van der Waals surface area contributed by atoms with Crippen LogP contribution in [0, 0.1) is 0 Å². The van der Waals surface area contributed by atoms with E-state index in [9.17, 15) is 39.6 Å². The van der Waals surface area contributed by atoms with Gasteiger partial charge in [-0.3, -0.25) is 0 Å². The van der Waals surface area contributed by atoms with Gasteiger partial charge in [-0.1, -0.05) is 30.3 Å². The van der Waals surface area contributed by atoms with Crippen molar-refractivity contribution in [3.8, 4) is 11.1 Å². The summed E-state index contributed by atoms with van der Waals surface area (Å²) in [6.45, 7) is 0. The van der Waals surface area contributed by atoms with Crippen molar-refractivity contribution in [3.63, 3.8) is 0 Å². The van der Waals surface area contributed by atoms with Crippen LogP contribution >= 0.6 is 24.8 Å². The molecule has 0 aliphatic carbocycles. The molecule has 0 saturated carbocycles. The zero-order valence-electron chi connectivity index (χ0n) is 12.7. The van der Waals surface area contributed by atoms with Crippen molar-refractivity contribution in [3.05, 3.63) is 58.7 Å². The molecule has 0 spiro atoms. The van der Waals surface area contributed by atoms with Crippen LogP contribution in [-0.4, -0.2) is 44.3 Å². The van der Waals surface area contributed by atoms with Gasteiger partial charge in [0.2, 0.25) is 0 Å². The van der Waals surface area contributed by atoms with E-state index in [0.717, 1.165) is 6.07 Å². The first kappa shape index (κ1) is 22.9. The fourth-order valence-electron chi connectivity index (χ4n) is 2.36. The highest BCUT2D eigenvalue weighted by atomic mass is 35.5. The topological polar surface area (TPSA) is 149 Å². The summed E-state index contributed by atoms with van der Waals surface area (Å²) in [7, 11) is 0. The summed E-state index contributed by atoms with van der Waals surface area (Å²) in [5, 5.41) is 37.1. The number of carboxylic acids is 4. The maximum atomic E-state index is 11.6. The Morgan fingerprint density at radius 2 is 1.08 bits per heavy atom. The van der Waals surface area contributed by atoms with Crippen molar-refractivity contribution >= 4 is 48.7 Å². The van der Waals surface area contributed by atoms with Crippen LogP contribution in [0.4, 0.5) is 0 Å². The van der Waals surface area contributed by atoms with Crippen LogP contribution in [0.2, 0.25) is 0 Å². The van der Waals surface area contributed by atoms with Crippen LogP contribution in [0.15, 0.2) is 36.4 Å². The highest BCUT2D eigenvalue weighted by molar-refractivity contribution is 6.16. The molecule has 0 radical (unpaired) electrons. The summed E-state index contributed by atoms with van der Waals surface area (Å²) in [4.78, 5) is 45.8.